The molecule has 0 amide bonds. The van der Waals surface area contributed by atoms with E-state index in [1.807, 2.05) is 0 Å². The number of nitrogens with one attached hydrogen (secondary N) is 1. The van der Waals surface area contributed by atoms with Crippen LogP contribution in [0.15, 0.2) is 0 Å². The third-order valence-corrected chi connectivity index (χ3v) is 2.36. The Labute approximate surface area is 103 Å². The first-order valence-electron chi connectivity index (χ1n) is 5.55. The van der Waals surface area contributed by atoms with Gasteiger partial charge in [0.2, 0.25) is 0 Å². The first-order chi connectivity index (χ1) is 7.09. The van der Waals surface area contributed by atoms with Gasteiger partial charge in [-0.1, -0.05) is 26.2 Å². The number of halogens is 1. The van der Waals surface area contributed by atoms with E-state index in [4.69, 9.17) is 5.11 Å². The van der Waals surface area contributed by atoms with Crippen molar-refractivity contribution in [1.29, 1.82) is 0 Å². The second-order valence-corrected chi connectivity index (χ2v) is 3.76. The quantitative estimate of drug-likeness (QED) is 0.485. The first-order valence-corrected chi connectivity index (χ1v) is 5.55. The Morgan fingerprint density at radius 2 is 1.88 bits per heavy atom. The van der Waals surface area contributed by atoms with Crippen molar-refractivity contribution in [3.63, 3.8) is 0 Å². The van der Waals surface area contributed by atoms with Crippen LogP contribution in [0.1, 0.15) is 39.5 Å². The number of carboxylic acids is 1. The summed E-state index contributed by atoms with van der Waals surface area (Å²) in [7, 11) is 0. The standard InChI is InChI=1S/C11H21NO3.ClH/c1-3-4-5-6-7-12-8-10(13)9(2)11(14)15;/h9,12H,3-8H2,1-2H3,(H,14,15);1H. The molecule has 0 aliphatic rings. The number of Topliss-reactive ketones (excluding diaryl/α,β-unsaturated/α-hetero) is 1. The molecule has 16 heavy (non-hydrogen) atoms. The lowest BCUT2D eigenvalue weighted by atomic mass is 10.1. The molecule has 4 nitrogen and oxygen atoms in total. The molecule has 1 atom stereocenters. The van der Waals surface area contributed by atoms with Crippen molar-refractivity contribution < 1.29 is 14.7 Å². The summed E-state index contributed by atoms with van der Waals surface area (Å²) in [6.45, 7) is 4.52. The zero-order chi connectivity index (χ0) is 11.7. The molecule has 0 spiro atoms. The van der Waals surface area contributed by atoms with E-state index in [0.29, 0.717) is 0 Å². The van der Waals surface area contributed by atoms with Crippen LogP contribution in [0.25, 0.3) is 0 Å². The Kier molecular flexibility index (Phi) is 12.1. The SMILES string of the molecule is CCCCCCNCC(=O)C(C)C(=O)O.Cl. The maximum Gasteiger partial charge on any atom is 0.313 e. The third-order valence-electron chi connectivity index (χ3n) is 2.36. The van der Waals surface area contributed by atoms with Gasteiger partial charge in [-0.2, -0.15) is 0 Å². The minimum Gasteiger partial charge on any atom is -0.481 e. The van der Waals surface area contributed by atoms with Gasteiger partial charge in [-0.15, -0.1) is 12.4 Å². The lowest BCUT2D eigenvalue weighted by molar-refractivity contribution is -0.145. The molecule has 0 aromatic heterocycles. The van der Waals surface area contributed by atoms with Crippen molar-refractivity contribution in [2.45, 2.75) is 39.5 Å². The molecule has 2 N–H and O–H groups in total. The van der Waals surface area contributed by atoms with Gasteiger partial charge >= 0.3 is 5.97 Å². The molecule has 0 aliphatic heterocycles. The maximum absolute atomic E-state index is 11.2. The van der Waals surface area contributed by atoms with Crippen molar-refractivity contribution in [2.24, 2.45) is 5.92 Å². The molecule has 0 aromatic carbocycles. The fourth-order valence-corrected chi connectivity index (χ4v) is 1.18. The summed E-state index contributed by atoms with van der Waals surface area (Å²) in [4.78, 5) is 21.7. The summed E-state index contributed by atoms with van der Waals surface area (Å²) >= 11 is 0. The van der Waals surface area contributed by atoms with Crippen LogP contribution < -0.4 is 5.32 Å². The molecular weight excluding hydrogens is 230 g/mol. The van der Waals surface area contributed by atoms with Crippen LogP contribution >= 0.6 is 12.4 Å². The molecule has 0 radical (unpaired) electrons. The molecule has 0 bridgehead atoms. The van der Waals surface area contributed by atoms with Crippen LogP contribution in [0, 0.1) is 5.92 Å². The highest BCUT2D eigenvalue weighted by molar-refractivity contribution is 5.98. The summed E-state index contributed by atoms with van der Waals surface area (Å²) in [5.74, 6) is -2.20. The first kappa shape index (κ1) is 17.8. The van der Waals surface area contributed by atoms with Crippen molar-refractivity contribution in [2.75, 3.05) is 13.1 Å². The van der Waals surface area contributed by atoms with Crippen LogP contribution in [0.3, 0.4) is 0 Å². The summed E-state index contributed by atoms with van der Waals surface area (Å²) in [5.41, 5.74) is 0. The summed E-state index contributed by atoms with van der Waals surface area (Å²) in [6.07, 6.45) is 4.60. The van der Waals surface area contributed by atoms with E-state index in [0.717, 1.165) is 19.4 Å². The normalized spacial score (nSPS) is 11.6. The number of carbonyl (C=O) groups is 2. The third kappa shape index (κ3) is 8.68. The average Bonchev–Trinajstić information content (AvgIpc) is 2.21. The van der Waals surface area contributed by atoms with E-state index >= 15 is 0 Å². The number of hydrogen-bond acceptors (Lipinski definition) is 3. The largest absolute Gasteiger partial charge is 0.481 e. The average molecular weight is 252 g/mol. The predicted octanol–water partition coefficient (Wildman–Crippen LogP) is 1.87. The van der Waals surface area contributed by atoms with Gasteiger partial charge in [0, 0.05) is 0 Å². The lowest BCUT2D eigenvalue weighted by Crippen LogP contribution is -2.31. The summed E-state index contributed by atoms with van der Waals surface area (Å²) < 4.78 is 0. The highest BCUT2D eigenvalue weighted by Crippen LogP contribution is 1.98. The molecule has 5 heteroatoms. The zero-order valence-electron chi connectivity index (χ0n) is 9.99. The molecule has 0 rings (SSSR count). The van der Waals surface area contributed by atoms with E-state index in [-0.39, 0.29) is 24.7 Å². The molecular formula is C11H22ClNO3. The van der Waals surface area contributed by atoms with E-state index < -0.39 is 11.9 Å². The van der Waals surface area contributed by atoms with E-state index in [1.54, 1.807) is 0 Å². The highest BCUT2D eigenvalue weighted by atomic mass is 35.5. The van der Waals surface area contributed by atoms with E-state index in [2.05, 4.69) is 12.2 Å². The monoisotopic (exact) mass is 251 g/mol. The fraction of sp³-hybridized carbons (Fsp3) is 0.818. The predicted molar refractivity (Wildman–Crippen MR) is 66.1 cm³/mol. The summed E-state index contributed by atoms with van der Waals surface area (Å²) in [5, 5.41) is 11.5. The van der Waals surface area contributed by atoms with Crippen molar-refractivity contribution in [3.05, 3.63) is 0 Å². The number of rotatable bonds is 9. The van der Waals surface area contributed by atoms with Gasteiger partial charge < -0.3 is 10.4 Å². The minimum atomic E-state index is -1.05. The molecule has 0 heterocycles. The van der Waals surface area contributed by atoms with Gasteiger partial charge in [0.1, 0.15) is 5.92 Å². The van der Waals surface area contributed by atoms with Gasteiger partial charge in [-0.3, -0.25) is 9.59 Å². The summed E-state index contributed by atoms with van der Waals surface area (Å²) in [6, 6.07) is 0. The lowest BCUT2D eigenvalue weighted by Gasteiger charge is -2.06. The Balaban J connectivity index is 0. The van der Waals surface area contributed by atoms with Crippen LogP contribution in [0.5, 0.6) is 0 Å². The number of carboxylic acid groups (broad SMARTS) is 1. The van der Waals surface area contributed by atoms with Gasteiger partial charge in [-0.25, -0.2) is 0 Å². The second kappa shape index (κ2) is 10.9. The molecule has 0 saturated carbocycles. The van der Waals surface area contributed by atoms with E-state index in [9.17, 15) is 9.59 Å². The Hall–Kier alpha value is -0.610. The molecule has 96 valence electrons. The van der Waals surface area contributed by atoms with Gasteiger partial charge in [0.05, 0.1) is 6.54 Å². The van der Waals surface area contributed by atoms with Crippen molar-refractivity contribution >= 4 is 24.2 Å². The fourth-order valence-electron chi connectivity index (χ4n) is 1.18. The van der Waals surface area contributed by atoms with Gasteiger partial charge in [-0.05, 0) is 19.9 Å². The van der Waals surface area contributed by atoms with Crippen molar-refractivity contribution in [1.82, 2.24) is 5.32 Å². The highest BCUT2D eigenvalue weighted by Gasteiger charge is 2.19. The number of carbonyl (C=O) groups excluding carboxylic acids is 1. The maximum atomic E-state index is 11.2. The number of hydrogen-bond donors (Lipinski definition) is 2. The Bertz CT molecular complexity index is 209. The molecule has 0 fully saturated rings. The van der Waals surface area contributed by atoms with Crippen LogP contribution in [0.4, 0.5) is 0 Å². The molecule has 0 aliphatic carbocycles. The number of ketones is 1. The minimum absolute atomic E-state index is 0. The van der Waals surface area contributed by atoms with Gasteiger partial charge in [0.25, 0.3) is 0 Å². The topological polar surface area (TPSA) is 66.4 Å². The number of aliphatic carboxylic acids is 1. The van der Waals surface area contributed by atoms with Crippen LogP contribution in [-0.4, -0.2) is 29.9 Å². The molecule has 0 saturated heterocycles. The second-order valence-electron chi connectivity index (χ2n) is 3.76. The Morgan fingerprint density at radius 1 is 1.25 bits per heavy atom. The van der Waals surface area contributed by atoms with E-state index in [1.165, 1.54) is 19.8 Å². The molecule has 0 aromatic rings. The Morgan fingerprint density at radius 3 is 2.38 bits per heavy atom. The number of unbranched alkanes of at least 4 members (excludes halogenated alkanes) is 3. The van der Waals surface area contributed by atoms with Crippen molar-refractivity contribution in [3.8, 4) is 0 Å². The zero-order valence-corrected chi connectivity index (χ0v) is 10.8. The molecule has 1 unspecified atom stereocenters. The smallest absolute Gasteiger partial charge is 0.313 e. The van der Waals surface area contributed by atoms with Gasteiger partial charge in [0.15, 0.2) is 5.78 Å². The van der Waals surface area contributed by atoms with Crippen LogP contribution in [-0.2, 0) is 9.59 Å². The van der Waals surface area contributed by atoms with Crippen LogP contribution in [0.2, 0.25) is 0 Å².